The van der Waals surface area contributed by atoms with Gasteiger partial charge in [-0.1, -0.05) is 30.3 Å². The van der Waals surface area contributed by atoms with Crippen LogP contribution in [-0.2, 0) is 11.2 Å². The van der Waals surface area contributed by atoms with E-state index in [4.69, 9.17) is 9.84 Å². The Hall–Kier alpha value is -0.860. The maximum absolute atomic E-state index is 9.08. The van der Waals surface area contributed by atoms with Crippen LogP contribution in [0, 0.1) is 5.92 Å². The van der Waals surface area contributed by atoms with E-state index in [0.717, 1.165) is 45.1 Å². The van der Waals surface area contributed by atoms with Crippen molar-refractivity contribution in [3.05, 3.63) is 35.9 Å². The molecule has 0 radical (unpaired) electrons. The lowest BCUT2D eigenvalue weighted by molar-refractivity contribution is 0.0104. The lowest BCUT2D eigenvalue weighted by atomic mass is 9.88. The number of rotatable bonds is 6. The summed E-state index contributed by atoms with van der Waals surface area (Å²) in [6.07, 6.45) is 7.13. The van der Waals surface area contributed by atoms with Crippen LogP contribution in [0.4, 0.5) is 0 Å². The molecule has 2 rings (SSSR count). The van der Waals surface area contributed by atoms with E-state index in [-0.39, 0.29) is 0 Å². The molecule has 18 heavy (non-hydrogen) atoms. The third-order valence-electron chi connectivity index (χ3n) is 3.86. The van der Waals surface area contributed by atoms with Crippen LogP contribution in [0.25, 0.3) is 0 Å². The van der Waals surface area contributed by atoms with Crippen molar-refractivity contribution < 1.29 is 9.84 Å². The first kappa shape index (κ1) is 13.6. The van der Waals surface area contributed by atoms with Crippen molar-refractivity contribution in [1.82, 2.24) is 0 Å². The van der Waals surface area contributed by atoms with Gasteiger partial charge in [-0.2, -0.15) is 0 Å². The molecule has 0 aliphatic heterocycles. The largest absolute Gasteiger partial charge is 0.396 e. The number of aliphatic hydroxyl groups excluding tert-OH is 1. The SMILES string of the molecule is OCC1CCC(OCCCc2ccccc2)CC1. The van der Waals surface area contributed by atoms with E-state index < -0.39 is 0 Å². The minimum atomic E-state index is 0.348. The summed E-state index contributed by atoms with van der Waals surface area (Å²) in [4.78, 5) is 0. The molecule has 0 unspecified atom stereocenters. The molecule has 0 bridgehead atoms. The Morgan fingerprint density at radius 2 is 1.78 bits per heavy atom. The molecule has 100 valence electrons. The summed E-state index contributed by atoms with van der Waals surface area (Å²) in [5.74, 6) is 0.522. The summed E-state index contributed by atoms with van der Waals surface area (Å²) >= 11 is 0. The summed E-state index contributed by atoms with van der Waals surface area (Å²) < 4.78 is 5.92. The van der Waals surface area contributed by atoms with Crippen LogP contribution in [0.2, 0.25) is 0 Å². The summed E-state index contributed by atoms with van der Waals surface area (Å²) in [7, 11) is 0. The highest BCUT2D eigenvalue weighted by Gasteiger charge is 2.20. The molecule has 0 atom stereocenters. The number of ether oxygens (including phenoxy) is 1. The van der Waals surface area contributed by atoms with Gasteiger partial charge in [-0.05, 0) is 50.0 Å². The van der Waals surface area contributed by atoms with Crippen molar-refractivity contribution in [2.45, 2.75) is 44.6 Å². The number of hydrogen-bond donors (Lipinski definition) is 1. The summed E-state index contributed by atoms with van der Waals surface area (Å²) in [6, 6.07) is 10.6. The fourth-order valence-corrected chi connectivity index (χ4v) is 2.65. The van der Waals surface area contributed by atoms with Crippen molar-refractivity contribution in [2.24, 2.45) is 5.92 Å². The van der Waals surface area contributed by atoms with Crippen LogP contribution < -0.4 is 0 Å². The van der Waals surface area contributed by atoms with E-state index in [9.17, 15) is 0 Å². The van der Waals surface area contributed by atoms with Crippen LogP contribution in [0.5, 0.6) is 0 Å². The molecule has 1 aliphatic carbocycles. The third-order valence-corrected chi connectivity index (χ3v) is 3.86. The Balaban J connectivity index is 1.56. The van der Waals surface area contributed by atoms with Crippen LogP contribution in [0.3, 0.4) is 0 Å². The van der Waals surface area contributed by atoms with Gasteiger partial charge in [-0.15, -0.1) is 0 Å². The van der Waals surface area contributed by atoms with E-state index in [0.29, 0.717) is 18.6 Å². The second kappa shape index (κ2) is 7.55. The van der Waals surface area contributed by atoms with Gasteiger partial charge in [-0.25, -0.2) is 0 Å². The fourth-order valence-electron chi connectivity index (χ4n) is 2.65. The summed E-state index contributed by atoms with van der Waals surface area (Å²) in [6.45, 7) is 1.21. The maximum atomic E-state index is 9.08. The highest BCUT2D eigenvalue weighted by molar-refractivity contribution is 5.14. The first-order chi connectivity index (χ1) is 8.88. The number of aryl methyl sites for hydroxylation is 1. The van der Waals surface area contributed by atoms with Gasteiger partial charge >= 0.3 is 0 Å². The summed E-state index contributed by atoms with van der Waals surface area (Å²) in [5.41, 5.74) is 1.39. The lowest BCUT2D eigenvalue weighted by Crippen LogP contribution is -2.23. The second-order valence-electron chi connectivity index (χ2n) is 5.29. The van der Waals surface area contributed by atoms with Gasteiger partial charge in [0.2, 0.25) is 0 Å². The van der Waals surface area contributed by atoms with E-state index >= 15 is 0 Å². The molecule has 1 aliphatic rings. The van der Waals surface area contributed by atoms with Gasteiger partial charge in [0.05, 0.1) is 6.10 Å². The molecule has 1 N–H and O–H groups in total. The topological polar surface area (TPSA) is 29.5 Å². The Kier molecular flexibility index (Phi) is 5.69. The van der Waals surface area contributed by atoms with E-state index in [2.05, 4.69) is 30.3 Å². The van der Waals surface area contributed by atoms with Gasteiger partial charge < -0.3 is 9.84 Å². The van der Waals surface area contributed by atoms with Crippen LogP contribution in [-0.4, -0.2) is 24.4 Å². The van der Waals surface area contributed by atoms with Crippen molar-refractivity contribution in [3.8, 4) is 0 Å². The van der Waals surface area contributed by atoms with Crippen LogP contribution >= 0.6 is 0 Å². The minimum absolute atomic E-state index is 0.348. The zero-order valence-electron chi connectivity index (χ0n) is 11.1. The predicted molar refractivity (Wildman–Crippen MR) is 73.5 cm³/mol. The zero-order valence-corrected chi connectivity index (χ0v) is 11.1. The van der Waals surface area contributed by atoms with Crippen LogP contribution in [0.1, 0.15) is 37.7 Å². The Labute approximate surface area is 110 Å². The van der Waals surface area contributed by atoms with Gasteiger partial charge in [0.1, 0.15) is 0 Å². The number of benzene rings is 1. The smallest absolute Gasteiger partial charge is 0.0575 e. The maximum Gasteiger partial charge on any atom is 0.0575 e. The first-order valence-electron chi connectivity index (χ1n) is 7.15. The van der Waals surface area contributed by atoms with Gasteiger partial charge in [-0.3, -0.25) is 0 Å². The Bertz CT molecular complexity index is 315. The Morgan fingerprint density at radius 1 is 1.06 bits per heavy atom. The molecule has 0 aromatic heterocycles. The third kappa shape index (κ3) is 4.43. The molecule has 0 heterocycles. The summed E-state index contributed by atoms with van der Waals surface area (Å²) in [5, 5.41) is 9.08. The first-order valence-corrected chi connectivity index (χ1v) is 7.15. The minimum Gasteiger partial charge on any atom is -0.396 e. The highest BCUT2D eigenvalue weighted by Crippen LogP contribution is 2.25. The molecule has 0 saturated heterocycles. The number of hydrogen-bond acceptors (Lipinski definition) is 2. The second-order valence-corrected chi connectivity index (χ2v) is 5.29. The Morgan fingerprint density at radius 3 is 2.44 bits per heavy atom. The molecule has 1 aromatic carbocycles. The van der Waals surface area contributed by atoms with Crippen molar-refractivity contribution in [1.29, 1.82) is 0 Å². The zero-order chi connectivity index (χ0) is 12.6. The molecule has 1 fully saturated rings. The molecule has 0 amide bonds. The van der Waals surface area contributed by atoms with Crippen LogP contribution in [0.15, 0.2) is 30.3 Å². The highest BCUT2D eigenvalue weighted by atomic mass is 16.5. The van der Waals surface area contributed by atoms with Crippen molar-refractivity contribution in [3.63, 3.8) is 0 Å². The monoisotopic (exact) mass is 248 g/mol. The molecular weight excluding hydrogens is 224 g/mol. The average Bonchev–Trinajstić information content (AvgIpc) is 2.45. The molecule has 1 aromatic rings. The molecule has 2 nitrogen and oxygen atoms in total. The predicted octanol–water partition coefficient (Wildman–Crippen LogP) is 3.19. The standard InChI is InChI=1S/C16H24O2/c17-13-15-8-10-16(11-9-15)18-12-4-7-14-5-2-1-3-6-14/h1-3,5-6,15-17H,4,7-13H2. The molecule has 1 saturated carbocycles. The van der Waals surface area contributed by atoms with E-state index in [1.807, 2.05) is 0 Å². The molecule has 0 spiro atoms. The number of aliphatic hydroxyl groups is 1. The van der Waals surface area contributed by atoms with E-state index in [1.165, 1.54) is 5.56 Å². The fraction of sp³-hybridized carbons (Fsp3) is 0.625. The van der Waals surface area contributed by atoms with Crippen molar-refractivity contribution in [2.75, 3.05) is 13.2 Å². The average molecular weight is 248 g/mol. The lowest BCUT2D eigenvalue weighted by Gasteiger charge is -2.27. The van der Waals surface area contributed by atoms with Gasteiger partial charge in [0, 0.05) is 13.2 Å². The van der Waals surface area contributed by atoms with Crippen molar-refractivity contribution >= 4 is 0 Å². The molecule has 2 heteroatoms. The van der Waals surface area contributed by atoms with E-state index in [1.54, 1.807) is 0 Å². The van der Waals surface area contributed by atoms with Gasteiger partial charge in [0.15, 0.2) is 0 Å². The molecular formula is C16H24O2. The quantitative estimate of drug-likeness (QED) is 0.783. The van der Waals surface area contributed by atoms with Gasteiger partial charge in [0.25, 0.3) is 0 Å². The normalized spacial score (nSPS) is 24.1.